The average molecular weight is 334 g/mol. The van der Waals surface area contributed by atoms with E-state index in [0.29, 0.717) is 23.7 Å². The second kappa shape index (κ2) is 6.34. The van der Waals surface area contributed by atoms with E-state index in [1.165, 1.54) is 0 Å². The first-order chi connectivity index (χ1) is 11.0. The minimum Gasteiger partial charge on any atom is -0.372 e. The molecule has 2 aromatic rings. The number of rotatable bonds is 2. The van der Waals surface area contributed by atoms with Gasteiger partial charge in [0.25, 0.3) is 5.91 Å². The van der Waals surface area contributed by atoms with Crippen molar-refractivity contribution in [1.82, 2.24) is 14.7 Å². The fourth-order valence-corrected chi connectivity index (χ4v) is 3.19. The number of hydrogen-bond donors (Lipinski definition) is 0. The Labute approximate surface area is 140 Å². The van der Waals surface area contributed by atoms with Gasteiger partial charge >= 0.3 is 0 Å². The van der Waals surface area contributed by atoms with E-state index in [0.717, 1.165) is 11.4 Å². The third-order valence-electron chi connectivity index (χ3n) is 4.00. The second-order valence-electron chi connectivity index (χ2n) is 6.00. The van der Waals surface area contributed by atoms with Crippen molar-refractivity contribution in [3.05, 3.63) is 46.7 Å². The van der Waals surface area contributed by atoms with Crippen molar-refractivity contribution in [3.8, 4) is 5.69 Å². The van der Waals surface area contributed by atoms with Gasteiger partial charge in [-0.2, -0.15) is 5.10 Å². The predicted octanol–water partition coefficient (Wildman–Crippen LogP) is 3.08. The normalized spacial score (nSPS) is 21.5. The van der Waals surface area contributed by atoms with Gasteiger partial charge in [-0.3, -0.25) is 4.79 Å². The number of aromatic nitrogens is 2. The molecule has 1 aliphatic heterocycles. The van der Waals surface area contributed by atoms with E-state index in [-0.39, 0.29) is 18.1 Å². The summed E-state index contributed by atoms with van der Waals surface area (Å²) in [6.45, 7) is 7.07. The molecule has 1 aromatic carbocycles. The first-order valence-electron chi connectivity index (χ1n) is 7.71. The SMILES string of the molecule is Cc1c(C(=O)N2CC(C)OC(C)C2)cnn1-c1cccc(Cl)c1. The van der Waals surface area contributed by atoms with E-state index >= 15 is 0 Å². The quantitative estimate of drug-likeness (QED) is 0.848. The van der Waals surface area contributed by atoms with Crippen molar-refractivity contribution < 1.29 is 9.53 Å². The number of nitrogens with zero attached hydrogens (tertiary/aromatic N) is 3. The highest BCUT2D eigenvalue weighted by atomic mass is 35.5. The maximum Gasteiger partial charge on any atom is 0.257 e. The summed E-state index contributed by atoms with van der Waals surface area (Å²) in [6.07, 6.45) is 1.72. The van der Waals surface area contributed by atoms with Crippen LogP contribution in [0.25, 0.3) is 5.69 Å². The van der Waals surface area contributed by atoms with Gasteiger partial charge in [-0.25, -0.2) is 4.68 Å². The Morgan fingerprint density at radius 1 is 1.30 bits per heavy atom. The molecule has 1 saturated heterocycles. The van der Waals surface area contributed by atoms with E-state index in [2.05, 4.69) is 5.10 Å². The fourth-order valence-electron chi connectivity index (χ4n) is 3.00. The highest BCUT2D eigenvalue weighted by Crippen LogP contribution is 2.20. The van der Waals surface area contributed by atoms with Crippen LogP contribution in [0, 0.1) is 6.92 Å². The summed E-state index contributed by atoms with van der Waals surface area (Å²) in [6, 6.07) is 7.42. The van der Waals surface area contributed by atoms with Crippen LogP contribution in [0.2, 0.25) is 5.02 Å². The monoisotopic (exact) mass is 333 g/mol. The molecule has 5 nitrogen and oxygen atoms in total. The molecule has 1 fully saturated rings. The summed E-state index contributed by atoms with van der Waals surface area (Å²) in [5, 5.41) is 5.00. The Morgan fingerprint density at radius 2 is 2.00 bits per heavy atom. The highest BCUT2D eigenvalue weighted by molar-refractivity contribution is 6.30. The lowest BCUT2D eigenvalue weighted by Crippen LogP contribution is -2.48. The molecule has 0 N–H and O–H groups in total. The van der Waals surface area contributed by atoms with Crippen LogP contribution in [0.3, 0.4) is 0 Å². The van der Waals surface area contributed by atoms with Crippen LogP contribution in [-0.2, 0) is 4.74 Å². The molecular weight excluding hydrogens is 314 g/mol. The number of amides is 1. The summed E-state index contributed by atoms with van der Waals surface area (Å²) in [7, 11) is 0. The van der Waals surface area contributed by atoms with Gasteiger partial charge in [0.15, 0.2) is 0 Å². The number of carbonyl (C=O) groups is 1. The molecule has 1 amide bonds. The van der Waals surface area contributed by atoms with Gasteiger partial charge in [-0.15, -0.1) is 0 Å². The second-order valence-corrected chi connectivity index (χ2v) is 6.44. The minimum atomic E-state index is -0.00206. The molecule has 0 aliphatic carbocycles. The number of benzene rings is 1. The molecule has 0 radical (unpaired) electrons. The Bertz CT molecular complexity index is 718. The molecule has 0 bridgehead atoms. The molecular formula is C17H20ClN3O2. The van der Waals surface area contributed by atoms with Crippen molar-refractivity contribution in [2.24, 2.45) is 0 Å². The summed E-state index contributed by atoms with van der Waals surface area (Å²) < 4.78 is 7.43. The highest BCUT2D eigenvalue weighted by Gasteiger charge is 2.28. The number of carbonyl (C=O) groups excluding carboxylic acids is 1. The van der Waals surface area contributed by atoms with E-state index < -0.39 is 0 Å². The Hall–Kier alpha value is -1.85. The number of morpholine rings is 1. The first-order valence-corrected chi connectivity index (χ1v) is 8.09. The maximum absolute atomic E-state index is 12.8. The van der Waals surface area contributed by atoms with Gasteiger partial charge in [-0.1, -0.05) is 17.7 Å². The number of ether oxygens (including phenoxy) is 1. The summed E-state index contributed by atoms with van der Waals surface area (Å²) in [4.78, 5) is 14.7. The average Bonchev–Trinajstić information content (AvgIpc) is 2.87. The zero-order valence-corrected chi connectivity index (χ0v) is 14.2. The van der Waals surface area contributed by atoms with Crippen molar-refractivity contribution in [3.63, 3.8) is 0 Å². The number of hydrogen-bond acceptors (Lipinski definition) is 3. The standard InChI is InChI=1S/C17H20ClN3O2/c1-11-9-20(10-12(2)23-11)17(22)16-8-19-21(13(16)3)15-6-4-5-14(18)7-15/h4-8,11-12H,9-10H2,1-3H3. The molecule has 3 rings (SSSR count). The van der Waals surface area contributed by atoms with Crippen molar-refractivity contribution in [1.29, 1.82) is 0 Å². The topological polar surface area (TPSA) is 47.4 Å². The van der Waals surface area contributed by atoms with Crippen LogP contribution in [0.5, 0.6) is 0 Å². The third-order valence-corrected chi connectivity index (χ3v) is 4.23. The summed E-state index contributed by atoms with van der Waals surface area (Å²) in [5.74, 6) is -0.00206. The van der Waals surface area contributed by atoms with Gasteiger partial charge in [0.1, 0.15) is 0 Å². The molecule has 1 aromatic heterocycles. The molecule has 0 spiro atoms. The lowest BCUT2D eigenvalue weighted by molar-refractivity contribution is -0.0586. The summed E-state index contributed by atoms with van der Waals surface area (Å²) >= 11 is 6.04. The van der Waals surface area contributed by atoms with E-state index in [1.54, 1.807) is 10.9 Å². The van der Waals surface area contributed by atoms with Gasteiger partial charge in [0, 0.05) is 18.1 Å². The lowest BCUT2D eigenvalue weighted by Gasteiger charge is -2.35. The summed E-state index contributed by atoms with van der Waals surface area (Å²) in [5.41, 5.74) is 2.27. The molecule has 2 atom stereocenters. The molecule has 0 saturated carbocycles. The molecule has 1 aliphatic rings. The van der Waals surface area contributed by atoms with Crippen LogP contribution < -0.4 is 0 Å². The molecule has 6 heteroatoms. The smallest absolute Gasteiger partial charge is 0.257 e. The Morgan fingerprint density at radius 3 is 2.65 bits per heavy atom. The van der Waals surface area contributed by atoms with Crippen LogP contribution in [0.1, 0.15) is 29.9 Å². The van der Waals surface area contributed by atoms with Gasteiger partial charge in [0.2, 0.25) is 0 Å². The van der Waals surface area contributed by atoms with Gasteiger partial charge in [-0.05, 0) is 39.0 Å². The molecule has 122 valence electrons. The van der Waals surface area contributed by atoms with E-state index in [4.69, 9.17) is 16.3 Å². The number of halogens is 1. The van der Waals surface area contributed by atoms with Crippen molar-refractivity contribution >= 4 is 17.5 Å². The molecule has 23 heavy (non-hydrogen) atoms. The lowest BCUT2D eigenvalue weighted by atomic mass is 10.1. The Balaban J connectivity index is 1.88. The largest absolute Gasteiger partial charge is 0.372 e. The predicted molar refractivity (Wildman–Crippen MR) is 89.2 cm³/mol. The van der Waals surface area contributed by atoms with E-state index in [9.17, 15) is 4.79 Å². The van der Waals surface area contributed by atoms with Gasteiger partial charge < -0.3 is 9.64 Å². The van der Waals surface area contributed by atoms with Crippen LogP contribution in [-0.4, -0.2) is 45.9 Å². The molecule has 2 unspecified atom stereocenters. The molecule has 2 heterocycles. The first kappa shape index (κ1) is 16.0. The van der Waals surface area contributed by atoms with Crippen LogP contribution in [0.4, 0.5) is 0 Å². The zero-order chi connectivity index (χ0) is 16.6. The fraction of sp³-hybridized carbons (Fsp3) is 0.412. The minimum absolute atomic E-state index is 0.00206. The van der Waals surface area contributed by atoms with E-state index in [1.807, 2.05) is 49.9 Å². The third kappa shape index (κ3) is 3.26. The van der Waals surface area contributed by atoms with Crippen molar-refractivity contribution in [2.45, 2.75) is 33.0 Å². The zero-order valence-electron chi connectivity index (χ0n) is 13.5. The van der Waals surface area contributed by atoms with Gasteiger partial charge in [0.05, 0.1) is 35.3 Å². The van der Waals surface area contributed by atoms with Crippen LogP contribution in [0.15, 0.2) is 30.5 Å². The van der Waals surface area contributed by atoms with Crippen molar-refractivity contribution in [2.75, 3.05) is 13.1 Å². The maximum atomic E-state index is 12.8. The van der Waals surface area contributed by atoms with Crippen LogP contribution >= 0.6 is 11.6 Å². The Kier molecular flexibility index (Phi) is 4.41.